The van der Waals surface area contributed by atoms with Crippen molar-refractivity contribution in [2.45, 2.75) is 18.9 Å². The number of hydrogen-bond donors (Lipinski definition) is 2. The molecule has 0 aromatic heterocycles. The highest BCUT2D eigenvalue weighted by Crippen LogP contribution is 2.12. The molecule has 0 aliphatic heterocycles. The number of hydrogen-bond acceptors (Lipinski definition) is 2. The van der Waals surface area contributed by atoms with Crippen molar-refractivity contribution >= 4 is 5.91 Å². The Hall–Kier alpha value is -2.20. The number of nitrogens with one attached hydrogen (secondary N) is 1. The molecule has 3 nitrogen and oxygen atoms in total. The van der Waals surface area contributed by atoms with Crippen LogP contribution in [-0.2, 0) is 11.2 Å². The van der Waals surface area contributed by atoms with E-state index in [0.29, 0.717) is 24.9 Å². The van der Waals surface area contributed by atoms with Gasteiger partial charge in [-0.15, -0.1) is 0 Å². The average molecular weight is 287 g/mol. The highest BCUT2D eigenvalue weighted by molar-refractivity contribution is 5.81. The maximum Gasteiger partial charge on any atom is 0.253 e. The van der Waals surface area contributed by atoms with Crippen LogP contribution in [0.3, 0.4) is 0 Å². The molecule has 21 heavy (non-hydrogen) atoms. The van der Waals surface area contributed by atoms with Crippen LogP contribution in [0.1, 0.15) is 23.7 Å². The number of aryl methyl sites for hydroxylation is 1. The fourth-order valence-corrected chi connectivity index (χ4v) is 2.08. The SMILES string of the molecule is O=C(NCCCc1cccc(F)c1)C(O)c1ccccc1. The molecule has 0 heterocycles. The van der Waals surface area contributed by atoms with Crippen LogP contribution in [0.4, 0.5) is 4.39 Å². The average Bonchev–Trinajstić information content (AvgIpc) is 2.51. The van der Waals surface area contributed by atoms with Crippen LogP contribution >= 0.6 is 0 Å². The first-order chi connectivity index (χ1) is 10.2. The van der Waals surface area contributed by atoms with Gasteiger partial charge in [0.15, 0.2) is 6.10 Å². The Morgan fingerprint density at radius 1 is 1.14 bits per heavy atom. The van der Waals surface area contributed by atoms with Crippen molar-refractivity contribution in [2.75, 3.05) is 6.54 Å². The van der Waals surface area contributed by atoms with Crippen molar-refractivity contribution in [1.29, 1.82) is 0 Å². The van der Waals surface area contributed by atoms with E-state index in [1.807, 2.05) is 12.1 Å². The highest BCUT2D eigenvalue weighted by Gasteiger charge is 2.15. The van der Waals surface area contributed by atoms with Gasteiger partial charge >= 0.3 is 0 Å². The van der Waals surface area contributed by atoms with E-state index in [1.165, 1.54) is 12.1 Å². The molecule has 0 saturated heterocycles. The van der Waals surface area contributed by atoms with Gasteiger partial charge in [-0.05, 0) is 36.1 Å². The Labute approximate surface area is 123 Å². The molecule has 0 spiro atoms. The number of carbonyl (C=O) groups excluding carboxylic acids is 1. The van der Waals surface area contributed by atoms with E-state index < -0.39 is 12.0 Å². The third kappa shape index (κ3) is 4.68. The molecule has 0 aliphatic rings. The van der Waals surface area contributed by atoms with Crippen LogP contribution in [0, 0.1) is 5.82 Å². The van der Waals surface area contributed by atoms with E-state index in [0.717, 1.165) is 5.56 Å². The normalized spacial score (nSPS) is 11.9. The Morgan fingerprint density at radius 3 is 2.62 bits per heavy atom. The van der Waals surface area contributed by atoms with Crippen molar-refractivity contribution in [1.82, 2.24) is 5.32 Å². The molecule has 0 bridgehead atoms. The zero-order chi connectivity index (χ0) is 15.1. The van der Waals surface area contributed by atoms with Crippen LogP contribution in [0.25, 0.3) is 0 Å². The smallest absolute Gasteiger partial charge is 0.253 e. The van der Waals surface area contributed by atoms with Gasteiger partial charge < -0.3 is 10.4 Å². The molecule has 2 N–H and O–H groups in total. The van der Waals surface area contributed by atoms with Crippen molar-refractivity contribution in [3.63, 3.8) is 0 Å². The van der Waals surface area contributed by atoms with E-state index in [4.69, 9.17) is 0 Å². The second-order valence-corrected chi connectivity index (χ2v) is 4.84. The summed E-state index contributed by atoms with van der Waals surface area (Å²) in [6.45, 7) is 0.444. The lowest BCUT2D eigenvalue weighted by Gasteiger charge is -2.11. The Kier molecular flexibility index (Phi) is 5.46. The van der Waals surface area contributed by atoms with Crippen LogP contribution in [0.5, 0.6) is 0 Å². The van der Waals surface area contributed by atoms with Gasteiger partial charge in [-0.1, -0.05) is 42.5 Å². The lowest BCUT2D eigenvalue weighted by Crippen LogP contribution is -2.30. The van der Waals surface area contributed by atoms with Gasteiger partial charge in [-0.3, -0.25) is 4.79 Å². The summed E-state index contributed by atoms with van der Waals surface area (Å²) in [5.74, 6) is -0.670. The molecule has 0 aliphatic carbocycles. The van der Waals surface area contributed by atoms with E-state index >= 15 is 0 Å². The summed E-state index contributed by atoms with van der Waals surface area (Å²) < 4.78 is 13.0. The summed E-state index contributed by atoms with van der Waals surface area (Å²) in [6.07, 6.45) is 0.219. The molecule has 110 valence electrons. The van der Waals surface area contributed by atoms with Crippen molar-refractivity contribution in [3.05, 3.63) is 71.5 Å². The minimum absolute atomic E-state index is 0.254. The fourth-order valence-electron chi connectivity index (χ4n) is 2.08. The lowest BCUT2D eigenvalue weighted by atomic mass is 10.1. The first-order valence-corrected chi connectivity index (χ1v) is 6.92. The third-order valence-electron chi connectivity index (χ3n) is 3.19. The van der Waals surface area contributed by atoms with Gasteiger partial charge in [0.05, 0.1) is 0 Å². The van der Waals surface area contributed by atoms with Crippen LogP contribution < -0.4 is 5.32 Å². The number of rotatable bonds is 6. The largest absolute Gasteiger partial charge is 0.378 e. The first-order valence-electron chi connectivity index (χ1n) is 6.92. The molecular weight excluding hydrogens is 269 g/mol. The summed E-state index contributed by atoms with van der Waals surface area (Å²) in [5.41, 5.74) is 1.47. The molecule has 0 fully saturated rings. The van der Waals surface area contributed by atoms with Gasteiger partial charge in [0.25, 0.3) is 5.91 Å². The van der Waals surface area contributed by atoms with Crippen molar-refractivity contribution in [2.24, 2.45) is 0 Å². The molecule has 0 radical (unpaired) electrons. The molecule has 0 saturated carbocycles. The number of aliphatic hydroxyl groups is 1. The van der Waals surface area contributed by atoms with Crippen LogP contribution in [0.15, 0.2) is 54.6 Å². The third-order valence-corrected chi connectivity index (χ3v) is 3.19. The first kappa shape index (κ1) is 15.2. The zero-order valence-electron chi connectivity index (χ0n) is 11.6. The topological polar surface area (TPSA) is 49.3 Å². The zero-order valence-corrected chi connectivity index (χ0v) is 11.6. The predicted molar refractivity (Wildman–Crippen MR) is 79.1 cm³/mol. The minimum atomic E-state index is -1.15. The second kappa shape index (κ2) is 7.55. The molecule has 2 aromatic carbocycles. The molecule has 2 aromatic rings. The molecule has 4 heteroatoms. The summed E-state index contributed by atoms with van der Waals surface area (Å²) in [5, 5.41) is 12.6. The van der Waals surface area contributed by atoms with Gasteiger partial charge in [0.1, 0.15) is 5.82 Å². The Balaban J connectivity index is 1.74. The number of carbonyl (C=O) groups is 1. The Morgan fingerprint density at radius 2 is 1.90 bits per heavy atom. The standard InChI is InChI=1S/C17H18FNO2/c18-15-10-4-6-13(12-15)7-5-11-19-17(21)16(20)14-8-2-1-3-9-14/h1-4,6,8-10,12,16,20H,5,7,11H2,(H,19,21). The number of amides is 1. The van der Waals surface area contributed by atoms with Gasteiger partial charge in [-0.2, -0.15) is 0 Å². The second-order valence-electron chi connectivity index (χ2n) is 4.84. The molecule has 2 rings (SSSR count). The number of aliphatic hydroxyl groups excluding tert-OH is 1. The quantitative estimate of drug-likeness (QED) is 0.802. The molecule has 1 atom stereocenters. The van der Waals surface area contributed by atoms with Crippen molar-refractivity contribution < 1.29 is 14.3 Å². The Bertz CT molecular complexity index is 586. The molecule has 1 amide bonds. The van der Waals surface area contributed by atoms with E-state index in [-0.39, 0.29) is 5.82 Å². The van der Waals surface area contributed by atoms with E-state index in [2.05, 4.69) is 5.32 Å². The summed E-state index contributed by atoms with van der Waals surface area (Å²) in [4.78, 5) is 11.8. The summed E-state index contributed by atoms with van der Waals surface area (Å²) in [7, 11) is 0. The summed E-state index contributed by atoms with van der Waals surface area (Å²) in [6, 6.07) is 15.2. The van der Waals surface area contributed by atoms with Crippen molar-refractivity contribution in [3.8, 4) is 0 Å². The van der Waals surface area contributed by atoms with Gasteiger partial charge in [0, 0.05) is 6.54 Å². The minimum Gasteiger partial charge on any atom is -0.378 e. The highest BCUT2D eigenvalue weighted by atomic mass is 19.1. The number of halogens is 1. The van der Waals surface area contributed by atoms with Crippen LogP contribution in [-0.4, -0.2) is 17.6 Å². The van der Waals surface area contributed by atoms with E-state index in [1.54, 1.807) is 30.3 Å². The van der Waals surface area contributed by atoms with E-state index in [9.17, 15) is 14.3 Å². The maximum atomic E-state index is 13.0. The fraction of sp³-hybridized carbons (Fsp3) is 0.235. The van der Waals surface area contributed by atoms with Crippen LogP contribution in [0.2, 0.25) is 0 Å². The van der Waals surface area contributed by atoms with Gasteiger partial charge in [-0.25, -0.2) is 4.39 Å². The number of benzene rings is 2. The monoisotopic (exact) mass is 287 g/mol. The lowest BCUT2D eigenvalue weighted by molar-refractivity contribution is -0.129. The molecule has 1 unspecified atom stereocenters. The van der Waals surface area contributed by atoms with Gasteiger partial charge in [0.2, 0.25) is 0 Å². The summed E-state index contributed by atoms with van der Waals surface area (Å²) >= 11 is 0. The predicted octanol–water partition coefficient (Wildman–Crippen LogP) is 2.61. The molecular formula is C17H18FNO2. The maximum absolute atomic E-state index is 13.0.